The number of thiophene rings is 1. The van der Waals surface area contributed by atoms with Crippen molar-refractivity contribution in [3.8, 4) is 0 Å². The number of hydrogen-bond acceptors (Lipinski definition) is 2. The number of hydrogen-bond donors (Lipinski definition) is 1. The van der Waals surface area contributed by atoms with Crippen molar-refractivity contribution >= 4 is 17.2 Å². The molecule has 2 nitrogen and oxygen atoms in total. The van der Waals surface area contributed by atoms with Gasteiger partial charge in [-0.1, -0.05) is 44.4 Å². The van der Waals surface area contributed by atoms with Gasteiger partial charge in [0.25, 0.3) is 5.91 Å². The molecule has 0 unspecified atom stereocenters. The highest BCUT2D eigenvalue weighted by atomic mass is 32.1. The van der Waals surface area contributed by atoms with Crippen LogP contribution in [0.5, 0.6) is 0 Å². The number of rotatable bonds is 6. The van der Waals surface area contributed by atoms with E-state index in [4.69, 9.17) is 0 Å². The first-order chi connectivity index (χ1) is 11.2. The second-order valence-electron chi connectivity index (χ2n) is 6.59. The van der Waals surface area contributed by atoms with Gasteiger partial charge in [-0.15, -0.1) is 11.3 Å². The van der Waals surface area contributed by atoms with Crippen LogP contribution >= 0.6 is 11.3 Å². The molecule has 0 radical (unpaired) electrons. The fraction of sp³-hybridized carbons (Fsp3) is 0.450. The second-order valence-corrected chi connectivity index (χ2v) is 7.54. The standard InChI is InChI=1S/C20H25NOS/c1-2-6-16-8-10-17(11-9-16)19(22)21-15-20(12-3-4-13-20)18-7-5-14-23-18/h5,7-11,14H,2-4,6,12-13,15H2,1H3,(H,21,22). The Morgan fingerprint density at radius 2 is 1.91 bits per heavy atom. The molecule has 3 heteroatoms. The molecule has 1 fully saturated rings. The van der Waals surface area contributed by atoms with Crippen molar-refractivity contribution in [1.29, 1.82) is 0 Å². The molecule has 3 rings (SSSR count). The number of carbonyl (C=O) groups excluding carboxylic acids is 1. The highest BCUT2D eigenvalue weighted by molar-refractivity contribution is 7.10. The van der Waals surface area contributed by atoms with Gasteiger partial charge in [-0.25, -0.2) is 0 Å². The Morgan fingerprint density at radius 1 is 1.17 bits per heavy atom. The molecule has 1 aromatic heterocycles. The molecular formula is C20H25NOS. The van der Waals surface area contributed by atoms with Crippen molar-refractivity contribution in [1.82, 2.24) is 5.32 Å². The van der Waals surface area contributed by atoms with Crippen LogP contribution in [0.1, 0.15) is 59.8 Å². The molecule has 0 aliphatic heterocycles. The van der Waals surface area contributed by atoms with Gasteiger partial charge in [-0.2, -0.15) is 0 Å². The molecule has 23 heavy (non-hydrogen) atoms. The lowest BCUT2D eigenvalue weighted by Crippen LogP contribution is -2.38. The molecular weight excluding hydrogens is 302 g/mol. The fourth-order valence-corrected chi connectivity index (χ4v) is 4.59. The summed E-state index contributed by atoms with van der Waals surface area (Å²) in [7, 11) is 0. The molecule has 0 spiro atoms. The molecule has 1 N–H and O–H groups in total. The normalized spacial score (nSPS) is 16.4. The average molecular weight is 327 g/mol. The molecule has 1 amide bonds. The monoisotopic (exact) mass is 327 g/mol. The molecule has 1 saturated carbocycles. The average Bonchev–Trinajstić information content (AvgIpc) is 3.26. The second kappa shape index (κ2) is 7.31. The predicted molar refractivity (Wildman–Crippen MR) is 97.2 cm³/mol. The van der Waals surface area contributed by atoms with Crippen molar-refractivity contribution in [2.75, 3.05) is 6.54 Å². The van der Waals surface area contributed by atoms with Crippen LogP contribution in [0.25, 0.3) is 0 Å². The van der Waals surface area contributed by atoms with Gasteiger partial charge in [-0.05, 0) is 48.4 Å². The number of benzene rings is 1. The van der Waals surface area contributed by atoms with Crippen LogP contribution in [-0.4, -0.2) is 12.5 Å². The maximum Gasteiger partial charge on any atom is 0.251 e. The number of aryl methyl sites for hydroxylation is 1. The Balaban J connectivity index is 1.65. The van der Waals surface area contributed by atoms with Crippen LogP contribution in [0.4, 0.5) is 0 Å². The maximum atomic E-state index is 12.5. The minimum atomic E-state index is 0.0517. The van der Waals surface area contributed by atoms with E-state index in [0.29, 0.717) is 0 Å². The van der Waals surface area contributed by atoms with Crippen molar-refractivity contribution in [3.63, 3.8) is 0 Å². The fourth-order valence-electron chi connectivity index (χ4n) is 3.61. The minimum Gasteiger partial charge on any atom is -0.351 e. The minimum absolute atomic E-state index is 0.0517. The molecule has 1 aliphatic carbocycles. The van der Waals surface area contributed by atoms with Gasteiger partial charge in [0.2, 0.25) is 0 Å². The van der Waals surface area contributed by atoms with E-state index in [1.807, 2.05) is 23.5 Å². The summed E-state index contributed by atoms with van der Waals surface area (Å²) in [5, 5.41) is 5.33. The largest absolute Gasteiger partial charge is 0.351 e. The SMILES string of the molecule is CCCc1ccc(C(=O)NCC2(c3cccs3)CCCC2)cc1. The van der Waals surface area contributed by atoms with Gasteiger partial charge in [0.15, 0.2) is 0 Å². The zero-order valence-electron chi connectivity index (χ0n) is 13.8. The summed E-state index contributed by atoms with van der Waals surface area (Å²) < 4.78 is 0. The summed E-state index contributed by atoms with van der Waals surface area (Å²) >= 11 is 1.82. The maximum absolute atomic E-state index is 12.5. The highest BCUT2D eigenvalue weighted by Gasteiger charge is 2.36. The number of carbonyl (C=O) groups is 1. The molecule has 1 aliphatic rings. The summed E-state index contributed by atoms with van der Waals surface area (Å²) in [5.41, 5.74) is 2.23. The third-order valence-corrected chi connectivity index (χ3v) is 6.06. The van der Waals surface area contributed by atoms with Crippen LogP contribution < -0.4 is 5.32 Å². The van der Waals surface area contributed by atoms with E-state index in [1.165, 1.54) is 36.1 Å². The predicted octanol–water partition coefficient (Wildman–Crippen LogP) is 4.94. The topological polar surface area (TPSA) is 29.1 Å². The summed E-state index contributed by atoms with van der Waals surface area (Å²) in [6.07, 6.45) is 7.10. The van der Waals surface area contributed by atoms with E-state index in [2.05, 4.69) is 41.9 Å². The van der Waals surface area contributed by atoms with E-state index in [1.54, 1.807) is 0 Å². The zero-order chi connectivity index (χ0) is 16.1. The molecule has 122 valence electrons. The summed E-state index contributed by atoms with van der Waals surface area (Å²) in [6, 6.07) is 12.4. The van der Waals surface area contributed by atoms with Gasteiger partial charge in [0, 0.05) is 22.4 Å². The van der Waals surface area contributed by atoms with Gasteiger partial charge in [0.05, 0.1) is 0 Å². The van der Waals surface area contributed by atoms with Gasteiger partial charge in [-0.3, -0.25) is 4.79 Å². The Hall–Kier alpha value is -1.61. The molecule has 0 atom stereocenters. The molecule has 1 aromatic carbocycles. The Morgan fingerprint density at radius 3 is 2.52 bits per heavy atom. The summed E-state index contributed by atoms with van der Waals surface area (Å²) in [4.78, 5) is 13.9. The van der Waals surface area contributed by atoms with Crippen LogP contribution in [-0.2, 0) is 11.8 Å². The van der Waals surface area contributed by atoms with E-state index in [-0.39, 0.29) is 11.3 Å². The molecule has 2 aromatic rings. The number of nitrogens with one attached hydrogen (secondary N) is 1. The first-order valence-electron chi connectivity index (χ1n) is 8.65. The Bertz CT molecular complexity index is 624. The summed E-state index contributed by atoms with van der Waals surface area (Å²) in [5.74, 6) is 0.0517. The van der Waals surface area contributed by atoms with E-state index < -0.39 is 0 Å². The lowest BCUT2D eigenvalue weighted by Gasteiger charge is -2.28. The van der Waals surface area contributed by atoms with Crippen molar-refractivity contribution in [2.45, 2.75) is 50.9 Å². The Kier molecular flexibility index (Phi) is 5.16. The lowest BCUT2D eigenvalue weighted by atomic mass is 9.84. The first-order valence-corrected chi connectivity index (χ1v) is 9.53. The van der Waals surface area contributed by atoms with E-state index >= 15 is 0 Å². The Labute approximate surface area is 142 Å². The number of amides is 1. The van der Waals surface area contributed by atoms with Crippen molar-refractivity contribution in [2.24, 2.45) is 0 Å². The molecule has 0 bridgehead atoms. The van der Waals surface area contributed by atoms with Crippen LogP contribution in [0, 0.1) is 0 Å². The van der Waals surface area contributed by atoms with Crippen molar-refractivity contribution in [3.05, 3.63) is 57.8 Å². The highest BCUT2D eigenvalue weighted by Crippen LogP contribution is 2.42. The van der Waals surface area contributed by atoms with E-state index in [0.717, 1.165) is 24.9 Å². The van der Waals surface area contributed by atoms with Crippen molar-refractivity contribution < 1.29 is 4.79 Å². The van der Waals surface area contributed by atoms with Gasteiger partial charge in [0.1, 0.15) is 0 Å². The molecule has 1 heterocycles. The van der Waals surface area contributed by atoms with Crippen LogP contribution in [0.2, 0.25) is 0 Å². The van der Waals surface area contributed by atoms with Gasteiger partial charge < -0.3 is 5.32 Å². The lowest BCUT2D eigenvalue weighted by molar-refractivity contribution is 0.0943. The van der Waals surface area contributed by atoms with E-state index in [9.17, 15) is 4.79 Å². The summed E-state index contributed by atoms with van der Waals surface area (Å²) in [6.45, 7) is 2.93. The smallest absolute Gasteiger partial charge is 0.251 e. The van der Waals surface area contributed by atoms with Crippen LogP contribution in [0.3, 0.4) is 0 Å². The quantitative estimate of drug-likeness (QED) is 0.800. The van der Waals surface area contributed by atoms with Crippen LogP contribution in [0.15, 0.2) is 41.8 Å². The molecule has 0 saturated heterocycles. The zero-order valence-corrected chi connectivity index (χ0v) is 14.6. The first kappa shape index (κ1) is 16.3. The van der Waals surface area contributed by atoms with Gasteiger partial charge >= 0.3 is 0 Å². The third kappa shape index (κ3) is 3.66. The third-order valence-electron chi connectivity index (χ3n) is 4.95.